The minimum Gasteiger partial charge on any atom is -0.383 e. The molecule has 3 nitrogen and oxygen atoms in total. The van der Waals surface area contributed by atoms with E-state index in [-0.39, 0.29) is 0 Å². The molecule has 0 saturated carbocycles. The van der Waals surface area contributed by atoms with Crippen LogP contribution in [0.1, 0.15) is 54.4 Å². The molecule has 0 aromatic rings. The lowest BCUT2D eigenvalue weighted by atomic mass is 9.98. The van der Waals surface area contributed by atoms with Crippen molar-refractivity contribution in [3.8, 4) is 0 Å². The molecule has 0 aliphatic rings. The van der Waals surface area contributed by atoms with Gasteiger partial charge in [0.2, 0.25) is 0 Å². The van der Waals surface area contributed by atoms with Crippen molar-refractivity contribution in [2.24, 2.45) is 11.8 Å². The number of methoxy groups -OCH3 is 1. The van der Waals surface area contributed by atoms with Gasteiger partial charge in [0.15, 0.2) is 0 Å². The Labute approximate surface area is 127 Å². The van der Waals surface area contributed by atoms with Gasteiger partial charge in [0.25, 0.3) is 0 Å². The molecule has 0 rings (SSSR count). The first-order chi connectivity index (χ1) is 9.47. The smallest absolute Gasteiger partial charge is 0.0589 e. The van der Waals surface area contributed by atoms with Gasteiger partial charge >= 0.3 is 0 Å². The van der Waals surface area contributed by atoms with Gasteiger partial charge in [-0.1, -0.05) is 41.5 Å². The van der Waals surface area contributed by atoms with Crippen LogP contribution < -0.4 is 5.32 Å². The number of ether oxygens (including phenoxy) is 1. The molecular weight excluding hydrogens is 248 g/mol. The predicted molar refractivity (Wildman–Crippen MR) is 89.3 cm³/mol. The lowest BCUT2D eigenvalue weighted by Crippen LogP contribution is -2.51. The van der Waals surface area contributed by atoms with E-state index in [0.29, 0.717) is 23.9 Å². The highest BCUT2D eigenvalue weighted by Gasteiger charge is 2.26. The third kappa shape index (κ3) is 7.61. The second-order valence-electron chi connectivity index (χ2n) is 6.56. The maximum atomic E-state index is 5.32. The van der Waals surface area contributed by atoms with Crippen molar-refractivity contribution < 1.29 is 4.74 Å². The van der Waals surface area contributed by atoms with Crippen LogP contribution in [0.2, 0.25) is 0 Å². The predicted octanol–water partition coefficient (Wildman–Crippen LogP) is 3.39. The van der Waals surface area contributed by atoms with Crippen molar-refractivity contribution in [1.29, 1.82) is 0 Å². The molecule has 0 aromatic heterocycles. The van der Waals surface area contributed by atoms with Gasteiger partial charge in [-0.15, -0.1) is 0 Å². The highest BCUT2D eigenvalue weighted by molar-refractivity contribution is 4.82. The Kier molecular flexibility index (Phi) is 11.5. The van der Waals surface area contributed by atoms with Crippen molar-refractivity contribution in [3.63, 3.8) is 0 Å². The molecule has 1 N–H and O–H groups in total. The number of nitrogens with one attached hydrogen (secondary N) is 1. The van der Waals surface area contributed by atoms with Crippen LogP contribution >= 0.6 is 0 Å². The molecule has 0 aromatic carbocycles. The van der Waals surface area contributed by atoms with Gasteiger partial charge in [0, 0.05) is 32.3 Å². The molecule has 0 fully saturated rings. The fourth-order valence-corrected chi connectivity index (χ4v) is 2.83. The molecule has 122 valence electrons. The van der Waals surface area contributed by atoms with Crippen LogP contribution in [0.4, 0.5) is 0 Å². The summed E-state index contributed by atoms with van der Waals surface area (Å²) in [4.78, 5) is 2.67. The van der Waals surface area contributed by atoms with Gasteiger partial charge in [-0.3, -0.25) is 4.90 Å². The van der Waals surface area contributed by atoms with Crippen LogP contribution in [0.25, 0.3) is 0 Å². The molecule has 3 heteroatoms. The van der Waals surface area contributed by atoms with E-state index in [2.05, 4.69) is 51.8 Å². The average Bonchev–Trinajstić information content (AvgIpc) is 2.39. The molecule has 0 bridgehead atoms. The average molecular weight is 287 g/mol. The molecule has 1 atom stereocenters. The second kappa shape index (κ2) is 11.5. The zero-order valence-electron chi connectivity index (χ0n) is 14.9. The van der Waals surface area contributed by atoms with Crippen LogP contribution in [-0.4, -0.2) is 50.3 Å². The SMILES string of the molecule is CCC(CC)N(CCOC)C(CNCC(C)C)C(C)C. The topological polar surface area (TPSA) is 24.5 Å². The summed E-state index contributed by atoms with van der Waals surface area (Å²) in [6, 6.07) is 1.26. The van der Waals surface area contributed by atoms with Crippen molar-refractivity contribution in [1.82, 2.24) is 10.2 Å². The van der Waals surface area contributed by atoms with Crippen molar-refractivity contribution in [2.45, 2.75) is 66.5 Å². The van der Waals surface area contributed by atoms with E-state index in [1.54, 1.807) is 7.11 Å². The van der Waals surface area contributed by atoms with Crippen LogP contribution in [0.15, 0.2) is 0 Å². The van der Waals surface area contributed by atoms with E-state index >= 15 is 0 Å². The largest absolute Gasteiger partial charge is 0.383 e. The molecule has 20 heavy (non-hydrogen) atoms. The van der Waals surface area contributed by atoms with Gasteiger partial charge < -0.3 is 10.1 Å². The summed E-state index contributed by atoms with van der Waals surface area (Å²) in [6.45, 7) is 17.8. The van der Waals surface area contributed by atoms with Crippen LogP contribution in [0.5, 0.6) is 0 Å². The summed E-state index contributed by atoms with van der Waals surface area (Å²) >= 11 is 0. The summed E-state index contributed by atoms with van der Waals surface area (Å²) in [7, 11) is 1.80. The summed E-state index contributed by atoms with van der Waals surface area (Å²) in [5.74, 6) is 1.37. The van der Waals surface area contributed by atoms with Gasteiger partial charge in [0.1, 0.15) is 0 Å². The molecule has 0 heterocycles. The minimum absolute atomic E-state index is 0.591. The Morgan fingerprint density at radius 1 is 1.00 bits per heavy atom. The number of hydrogen-bond donors (Lipinski definition) is 1. The molecule has 0 saturated heterocycles. The van der Waals surface area contributed by atoms with Crippen LogP contribution in [-0.2, 0) is 4.74 Å². The van der Waals surface area contributed by atoms with Crippen molar-refractivity contribution >= 4 is 0 Å². The van der Waals surface area contributed by atoms with Gasteiger partial charge in [0.05, 0.1) is 6.61 Å². The first kappa shape index (κ1) is 19.9. The summed E-state index contributed by atoms with van der Waals surface area (Å²) in [5, 5.41) is 3.64. The maximum absolute atomic E-state index is 5.32. The molecule has 0 aliphatic carbocycles. The first-order valence-electron chi connectivity index (χ1n) is 8.43. The van der Waals surface area contributed by atoms with Gasteiger partial charge in [-0.2, -0.15) is 0 Å². The van der Waals surface area contributed by atoms with Crippen molar-refractivity contribution in [3.05, 3.63) is 0 Å². The Hall–Kier alpha value is -0.120. The molecule has 1 unspecified atom stereocenters. The number of hydrogen-bond acceptors (Lipinski definition) is 3. The zero-order valence-corrected chi connectivity index (χ0v) is 14.9. The molecule has 0 radical (unpaired) electrons. The van der Waals surface area contributed by atoms with Gasteiger partial charge in [-0.05, 0) is 31.2 Å². The van der Waals surface area contributed by atoms with E-state index in [1.807, 2.05) is 0 Å². The van der Waals surface area contributed by atoms with E-state index in [4.69, 9.17) is 4.74 Å². The van der Waals surface area contributed by atoms with Crippen LogP contribution in [0.3, 0.4) is 0 Å². The third-order valence-corrected chi connectivity index (χ3v) is 4.07. The molecule has 0 aliphatic heterocycles. The monoisotopic (exact) mass is 286 g/mol. The van der Waals surface area contributed by atoms with E-state index < -0.39 is 0 Å². The van der Waals surface area contributed by atoms with E-state index in [9.17, 15) is 0 Å². The van der Waals surface area contributed by atoms with Crippen molar-refractivity contribution in [2.75, 3.05) is 33.4 Å². The Balaban J connectivity index is 4.71. The third-order valence-electron chi connectivity index (χ3n) is 4.07. The Morgan fingerprint density at radius 3 is 2.00 bits per heavy atom. The lowest BCUT2D eigenvalue weighted by molar-refractivity contribution is 0.0595. The second-order valence-corrected chi connectivity index (χ2v) is 6.56. The number of nitrogens with zero attached hydrogens (tertiary/aromatic N) is 1. The highest BCUT2D eigenvalue weighted by atomic mass is 16.5. The van der Waals surface area contributed by atoms with Gasteiger partial charge in [-0.25, -0.2) is 0 Å². The first-order valence-corrected chi connectivity index (χ1v) is 8.43. The Morgan fingerprint density at radius 2 is 1.60 bits per heavy atom. The fourth-order valence-electron chi connectivity index (χ4n) is 2.83. The zero-order chi connectivity index (χ0) is 15.5. The fraction of sp³-hybridized carbons (Fsp3) is 1.00. The van der Waals surface area contributed by atoms with E-state index in [0.717, 1.165) is 26.2 Å². The highest BCUT2D eigenvalue weighted by Crippen LogP contribution is 2.18. The number of rotatable bonds is 12. The maximum Gasteiger partial charge on any atom is 0.0589 e. The summed E-state index contributed by atoms with van der Waals surface area (Å²) in [6.07, 6.45) is 2.43. The lowest BCUT2D eigenvalue weighted by Gasteiger charge is -2.40. The summed E-state index contributed by atoms with van der Waals surface area (Å²) in [5.41, 5.74) is 0. The van der Waals surface area contributed by atoms with E-state index in [1.165, 1.54) is 12.8 Å². The standard InChI is InChI=1S/C17H38N2O/c1-8-16(9-2)19(10-11-20-7)17(15(5)6)13-18-12-14(3)4/h14-18H,8-13H2,1-7H3. The molecule has 0 spiro atoms. The summed E-state index contributed by atoms with van der Waals surface area (Å²) < 4.78 is 5.32. The van der Waals surface area contributed by atoms with Crippen LogP contribution in [0, 0.1) is 11.8 Å². The Bertz CT molecular complexity index is 215. The molecular formula is C17H38N2O. The molecule has 0 amide bonds. The minimum atomic E-state index is 0.591. The quantitative estimate of drug-likeness (QED) is 0.595. The normalized spacial score (nSPS) is 13.9.